The van der Waals surface area contributed by atoms with Gasteiger partial charge in [0.05, 0.1) is 18.2 Å². The molecule has 0 aliphatic rings. The molecule has 0 amide bonds. The highest BCUT2D eigenvalue weighted by Crippen LogP contribution is 2.41. The molecule has 0 heterocycles. The Morgan fingerprint density at radius 3 is 2.07 bits per heavy atom. The van der Waals surface area contributed by atoms with Crippen LogP contribution in [-0.2, 0) is 18.1 Å². The number of nitrogens with one attached hydrogen (secondary N) is 1. The highest BCUT2D eigenvalue weighted by Gasteiger charge is 2.45. The van der Waals surface area contributed by atoms with Gasteiger partial charge in [-0.15, -0.1) is 0 Å². The zero-order valence-electron chi connectivity index (χ0n) is 23.0. The van der Waals surface area contributed by atoms with Gasteiger partial charge in [-0.3, -0.25) is 5.32 Å². The number of benzene rings is 4. The largest absolute Gasteiger partial charge is 0.494 e. The summed E-state index contributed by atoms with van der Waals surface area (Å²) < 4.78 is 147. The number of rotatable bonds is 11. The van der Waals surface area contributed by atoms with E-state index in [9.17, 15) is 44.6 Å². The Hall–Kier alpha value is -4.30. The summed E-state index contributed by atoms with van der Waals surface area (Å²) in [5.41, 5.74) is -4.29. The first-order valence-corrected chi connectivity index (χ1v) is 12.9. The van der Waals surface area contributed by atoms with Gasteiger partial charge in [-0.25, -0.2) is 13.2 Å². The molecule has 0 saturated carbocycles. The summed E-state index contributed by atoms with van der Waals surface area (Å²) in [7, 11) is 1.11. The second-order valence-electron chi connectivity index (χ2n) is 9.84. The molecular weight excluding hydrogens is 624 g/mol. The lowest BCUT2D eigenvalue weighted by Crippen LogP contribution is -2.47. The Labute approximate surface area is 249 Å². The van der Waals surface area contributed by atoms with Crippen LogP contribution in [0.4, 0.5) is 43.9 Å². The number of halogens is 10. The molecule has 4 rings (SSSR count). The van der Waals surface area contributed by atoms with Crippen LogP contribution in [0.5, 0.6) is 11.5 Å². The van der Waals surface area contributed by atoms with Crippen molar-refractivity contribution in [3.8, 4) is 11.5 Å². The van der Waals surface area contributed by atoms with E-state index < -0.39 is 64.8 Å². The van der Waals surface area contributed by atoms with E-state index in [1.54, 1.807) is 30.3 Å². The number of aliphatic hydroxyl groups excluding tert-OH is 1. The molecule has 0 aliphatic heterocycles. The van der Waals surface area contributed by atoms with E-state index >= 15 is 4.39 Å². The summed E-state index contributed by atoms with van der Waals surface area (Å²) in [6.45, 7) is 0. The van der Waals surface area contributed by atoms with Gasteiger partial charge in [0.2, 0.25) is 0 Å². The lowest BCUT2D eigenvalue weighted by molar-refractivity contribution is -0.253. The molecular formula is C31H23F10NO3. The molecule has 2 atom stereocenters. The lowest BCUT2D eigenvalue weighted by atomic mass is 9.77. The van der Waals surface area contributed by atoms with Crippen LogP contribution in [0.2, 0.25) is 0 Å². The standard InChI is InChI=1S/C31H23F10NO3/c1-44-26-14-19(8-10-25(26)34)29(16-17-5-3-2-4-6-17,20-12-21(32)15-22(13-20)45-31(40,41)28(35)36)42-27(43)18-7-9-24(33)23(11-18)30(37,38)39/h2-15,27-28,42-43H,16H2,1H3/t27?,29-/m1/s1. The van der Waals surface area contributed by atoms with Crippen LogP contribution < -0.4 is 14.8 Å². The smallest absolute Gasteiger partial charge is 0.461 e. The van der Waals surface area contributed by atoms with Crippen LogP contribution in [0, 0.1) is 17.5 Å². The van der Waals surface area contributed by atoms with Gasteiger partial charge >= 0.3 is 18.7 Å². The molecule has 0 radical (unpaired) electrons. The number of hydrogen-bond acceptors (Lipinski definition) is 4. The maximum atomic E-state index is 15.0. The van der Waals surface area contributed by atoms with Gasteiger partial charge < -0.3 is 14.6 Å². The molecule has 0 aliphatic carbocycles. The van der Waals surface area contributed by atoms with Gasteiger partial charge in [-0.05, 0) is 65.1 Å². The highest BCUT2D eigenvalue weighted by molar-refractivity contribution is 5.47. The van der Waals surface area contributed by atoms with Crippen molar-refractivity contribution in [2.75, 3.05) is 7.11 Å². The average Bonchev–Trinajstić information content (AvgIpc) is 2.96. The molecule has 0 bridgehead atoms. The fraction of sp³-hybridized carbons (Fsp3) is 0.226. The molecule has 4 aromatic carbocycles. The molecule has 0 aromatic heterocycles. The van der Waals surface area contributed by atoms with Crippen molar-refractivity contribution < 1.29 is 58.5 Å². The predicted molar refractivity (Wildman–Crippen MR) is 141 cm³/mol. The van der Waals surface area contributed by atoms with Crippen molar-refractivity contribution in [2.45, 2.75) is 36.9 Å². The van der Waals surface area contributed by atoms with Crippen LogP contribution in [-0.4, -0.2) is 24.8 Å². The summed E-state index contributed by atoms with van der Waals surface area (Å²) in [5, 5.41) is 13.9. The minimum atomic E-state index is -5.16. The Bertz CT molecular complexity index is 1630. The van der Waals surface area contributed by atoms with Crippen molar-refractivity contribution in [1.82, 2.24) is 5.32 Å². The van der Waals surface area contributed by atoms with Gasteiger partial charge in [-0.1, -0.05) is 42.5 Å². The van der Waals surface area contributed by atoms with E-state index in [4.69, 9.17) is 4.74 Å². The first-order chi connectivity index (χ1) is 21.1. The second-order valence-corrected chi connectivity index (χ2v) is 9.84. The summed E-state index contributed by atoms with van der Waals surface area (Å²) in [6, 6.07) is 14.6. The first-order valence-electron chi connectivity index (χ1n) is 12.9. The van der Waals surface area contributed by atoms with E-state index in [1.165, 1.54) is 0 Å². The Kier molecular flexibility index (Phi) is 9.68. The van der Waals surface area contributed by atoms with Crippen LogP contribution in [0.25, 0.3) is 0 Å². The Morgan fingerprint density at radius 2 is 1.44 bits per heavy atom. The first kappa shape index (κ1) is 33.6. The molecule has 0 fully saturated rings. The van der Waals surface area contributed by atoms with Crippen molar-refractivity contribution in [1.29, 1.82) is 0 Å². The molecule has 4 nitrogen and oxygen atoms in total. The number of aliphatic hydroxyl groups is 1. The molecule has 4 aromatic rings. The van der Waals surface area contributed by atoms with Gasteiger partial charge in [0.25, 0.3) is 0 Å². The minimum Gasteiger partial charge on any atom is -0.494 e. The zero-order valence-corrected chi connectivity index (χ0v) is 23.0. The predicted octanol–water partition coefficient (Wildman–Crippen LogP) is 8.14. The molecule has 240 valence electrons. The summed E-state index contributed by atoms with van der Waals surface area (Å²) in [4.78, 5) is 0. The SMILES string of the molecule is COc1cc([C@@](Cc2ccccc2)(NC(O)c2ccc(F)c(C(F)(F)F)c2)c2cc(F)cc(OC(F)(F)C(F)F)c2)ccc1F. The second kappa shape index (κ2) is 13.0. The molecule has 1 unspecified atom stereocenters. The quantitative estimate of drug-likeness (QED) is 0.128. The molecule has 14 heteroatoms. The third-order valence-corrected chi connectivity index (χ3v) is 6.82. The zero-order chi connectivity index (χ0) is 33.2. The number of methoxy groups -OCH3 is 1. The van der Waals surface area contributed by atoms with Crippen LogP contribution in [0.3, 0.4) is 0 Å². The van der Waals surface area contributed by atoms with Crippen molar-refractivity contribution in [3.63, 3.8) is 0 Å². The summed E-state index contributed by atoms with van der Waals surface area (Å²) in [6.07, 6.45) is -17.0. The molecule has 45 heavy (non-hydrogen) atoms. The Balaban J connectivity index is 2.00. The van der Waals surface area contributed by atoms with Gasteiger partial charge in [0.15, 0.2) is 11.6 Å². The highest BCUT2D eigenvalue weighted by atomic mass is 19.4. The topological polar surface area (TPSA) is 50.7 Å². The third-order valence-electron chi connectivity index (χ3n) is 6.82. The van der Waals surface area contributed by atoms with Gasteiger partial charge in [0.1, 0.15) is 23.6 Å². The van der Waals surface area contributed by atoms with Gasteiger partial charge in [0, 0.05) is 6.07 Å². The van der Waals surface area contributed by atoms with Gasteiger partial charge in [-0.2, -0.15) is 30.7 Å². The van der Waals surface area contributed by atoms with E-state index in [0.717, 1.165) is 43.5 Å². The van der Waals surface area contributed by atoms with Crippen LogP contribution in [0.15, 0.2) is 84.9 Å². The van der Waals surface area contributed by atoms with Crippen molar-refractivity contribution in [2.24, 2.45) is 0 Å². The van der Waals surface area contributed by atoms with E-state index in [1.807, 2.05) is 0 Å². The maximum absolute atomic E-state index is 15.0. The van der Waals surface area contributed by atoms with Crippen LogP contribution in [0.1, 0.15) is 34.0 Å². The molecule has 2 N–H and O–H groups in total. The van der Waals surface area contributed by atoms with Crippen molar-refractivity contribution >= 4 is 0 Å². The summed E-state index contributed by atoms with van der Waals surface area (Å²) in [5.74, 6) is -5.22. The average molecular weight is 648 g/mol. The maximum Gasteiger partial charge on any atom is 0.461 e. The van der Waals surface area contributed by atoms with E-state index in [0.29, 0.717) is 23.8 Å². The van der Waals surface area contributed by atoms with E-state index in [-0.39, 0.29) is 23.3 Å². The normalized spacial score (nSPS) is 14.2. The number of alkyl halides is 7. The monoisotopic (exact) mass is 647 g/mol. The minimum absolute atomic E-state index is 0.0426. The van der Waals surface area contributed by atoms with Crippen molar-refractivity contribution in [3.05, 3.63) is 130 Å². The molecule has 0 spiro atoms. The fourth-order valence-corrected chi connectivity index (χ4v) is 4.73. The fourth-order valence-electron chi connectivity index (χ4n) is 4.73. The Morgan fingerprint density at radius 1 is 0.778 bits per heavy atom. The lowest BCUT2D eigenvalue weighted by Gasteiger charge is -2.39. The number of ether oxygens (including phenoxy) is 2. The molecule has 0 saturated heterocycles. The van der Waals surface area contributed by atoms with Crippen LogP contribution >= 0.6 is 0 Å². The third kappa shape index (κ3) is 7.51. The summed E-state index contributed by atoms with van der Waals surface area (Å²) >= 11 is 0. The van der Waals surface area contributed by atoms with E-state index in [2.05, 4.69) is 10.1 Å². The number of hydrogen-bond donors (Lipinski definition) is 2.